The summed E-state index contributed by atoms with van der Waals surface area (Å²) in [7, 11) is 0. The average molecular weight is 232 g/mol. The van der Waals surface area contributed by atoms with Gasteiger partial charge < -0.3 is 10.2 Å². The number of hydrogen-bond donors (Lipinski definition) is 1. The molecule has 2 nitrogen and oxygen atoms in total. The quantitative estimate of drug-likeness (QED) is 0.862. The normalized spacial score (nSPS) is 20.9. The summed E-state index contributed by atoms with van der Waals surface area (Å²) in [4.78, 5) is 2.54. The van der Waals surface area contributed by atoms with E-state index in [-0.39, 0.29) is 0 Å². The third kappa shape index (κ3) is 2.81. The molecule has 1 aliphatic rings. The summed E-state index contributed by atoms with van der Waals surface area (Å²) in [5.41, 5.74) is 2.90. The first-order chi connectivity index (χ1) is 8.22. The molecule has 17 heavy (non-hydrogen) atoms. The molecule has 0 bridgehead atoms. The van der Waals surface area contributed by atoms with Crippen molar-refractivity contribution in [2.24, 2.45) is 5.92 Å². The first-order valence-electron chi connectivity index (χ1n) is 6.78. The monoisotopic (exact) mass is 232 g/mol. The number of anilines is 1. The molecule has 0 saturated carbocycles. The maximum atomic E-state index is 3.61. The lowest BCUT2D eigenvalue weighted by atomic mass is 10.0. The third-order valence-corrected chi connectivity index (χ3v) is 3.72. The Labute approximate surface area is 105 Å². The minimum absolute atomic E-state index is 0.619. The highest BCUT2D eigenvalue weighted by Crippen LogP contribution is 2.23. The van der Waals surface area contributed by atoms with Crippen LogP contribution in [-0.2, 0) is 6.42 Å². The van der Waals surface area contributed by atoms with Crippen molar-refractivity contribution >= 4 is 5.69 Å². The van der Waals surface area contributed by atoms with E-state index >= 15 is 0 Å². The van der Waals surface area contributed by atoms with Crippen LogP contribution in [-0.4, -0.2) is 25.7 Å². The van der Waals surface area contributed by atoms with Crippen LogP contribution in [0.5, 0.6) is 0 Å². The van der Waals surface area contributed by atoms with Crippen LogP contribution in [0.4, 0.5) is 5.69 Å². The van der Waals surface area contributed by atoms with Crippen molar-refractivity contribution in [2.45, 2.75) is 33.2 Å². The second-order valence-electron chi connectivity index (χ2n) is 5.23. The van der Waals surface area contributed by atoms with Gasteiger partial charge in [-0.15, -0.1) is 0 Å². The van der Waals surface area contributed by atoms with Gasteiger partial charge in [-0.25, -0.2) is 0 Å². The molecule has 0 aromatic heterocycles. The Kier molecular flexibility index (Phi) is 4.06. The lowest BCUT2D eigenvalue weighted by molar-refractivity contribution is 0.368. The molecule has 1 N–H and O–H groups in total. The van der Waals surface area contributed by atoms with E-state index in [1.807, 2.05) is 0 Å². The number of nitrogens with one attached hydrogen (secondary N) is 1. The lowest BCUT2D eigenvalue weighted by Gasteiger charge is -2.38. The van der Waals surface area contributed by atoms with E-state index in [0.717, 1.165) is 26.1 Å². The summed E-state index contributed by atoms with van der Waals surface area (Å²) in [6.45, 7) is 10.2. The highest BCUT2D eigenvalue weighted by atomic mass is 15.2. The van der Waals surface area contributed by atoms with Gasteiger partial charge in [-0.05, 0) is 24.0 Å². The zero-order valence-corrected chi connectivity index (χ0v) is 11.2. The van der Waals surface area contributed by atoms with Crippen LogP contribution in [0.3, 0.4) is 0 Å². The molecule has 1 aliphatic heterocycles. The molecular formula is C15H24N2. The van der Waals surface area contributed by atoms with Gasteiger partial charge in [-0.1, -0.05) is 39.0 Å². The van der Waals surface area contributed by atoms with Gasteiger partial charge in [-0.3, -0.25) is 0 Å². The van der Waals surface area contributed by atoms with Gasteiger partial charge in [0.15, 0.2) is 0 Å². The van der Waals surface area contributed by atoms with Crippen molar-refractivity contribution in [1.82, 2.24) is 5.32 Å². The summed E-state index contributed by atoms with van der Waals surface area (Å²) >= 11 is 0. The predicted octanol–water partition coefficient (Wildman–Crippen LogP) is 2.68. The number of benzene rings is 1. The standard InChI is InChI=1S/C15H24N2/c1-4-13-7-5-6-8-15(13)17-10-9-16-14(11-17)12(2)3/h5-8,12,14,16H,4,9-11H2,1-3H3. The fraction of sp³-hybridized carbons (Fsp3) is 0.600. The van der Waals surface area contributed by atoms with Crippen LogP contribution in [0, 0.1) is 5.92 Å². The maximum Gasteiger partial charge on any atom is 0.0399 e. The first-order valence-corrected chi connectivity index (χ1v) is 6.78. The Morgan fingerprint density at radius 1 is 1.35 bits per heavy atom. The van der Waals surface area contributed by atoms with Crippen molar-refractivity contribution in [2.75, 3.05) is 24.5 Å². The molecule has 1 aromatic rings. The van der Waals surface area contributed by atoms with E-state index in [9.17, 15) is 0 Å². The molecule has 1 fully saturated rings. The largest absolute Gasteiger partial charge is 0.368 e. The number of rotatable bonds is 3. The fourth-order valence-corrected chi connectivity index (χ4v) is 2.56. The molecule has 1 saturated heterocycles. The molecule has 94 valence electrons. The number of aryl methyl sites for hydroxylation is 1. The molecule has 1 heterocycles. The summed E-state index contributed by atoms with van der Waals surface area (Å²) in [5.74, 6) is 0.701. The van der Waals surface area contributed by atoms with Crippen molar-refractivity contribution < 1.29 is 0 Å². The van der Waals surface area contributed by atoms with Crippen LogP contribution in [0.25, 0.3) is 0 Å². The van der Waals surface area contributed by atoms with E-state index < -0.39 is 0 Å². The summed E-state index contributed by atoms with van der Waals surface area (Å²) < 4.78 is 0. The molecule has 1 unspecified atom stereocenters. The van der Waals surface area contributed by atoms with Crippen LogP contribution in [0.2, 0.25) is 0 Å². The molecular weight excluding hydrogens is 208 g/mol. The number of para-hydroxylation sites is 1. The lowest BCUT2D eigenvalue weighted by Crippen LogP contribution is -2.53. The van der Waals surface area contributed by atoms with Crippen LogP contribution < -0.4 is 10.2 Å². The third-order valence-electron chi connectivity index (χ3n) is 3.72. The first kappa shape index (κ1) is 12.4. The zero-order valence-electron chi connectivity index (χ0n) is 11.2. The van der Waals surface area contributed by atoms with Gasteiger partial charge in [0.1, 0.15) is 0 Å². The highest BCUT2D eigenvalue weighted by molar-refractivity contribution is 5.54. The minimum Gasteiger partial charge on any atom is -0.368 e. The van der Waals surface area contributed by atoms with Crippen LogP contribution in [0.15, 0.2) is 24.3 Å². The van der Waals surface area contributed by atoms with Crippen LogP contribution >= 0.6 is 0 Å². The van der Waals surface area contributed by atoms with Crippen molar-refractivity contribution in [3.05, 3.63) is 29.8 Å². The minimum atomic E-state index is 0.619. The van der Waals surface area contributed by atoms with E-state index in [2.05, 4.69) is 55.3 Å². The second kappa shape index (κ2) is 5.54. The maximum absolute atomic E-state index is 3.61. The number of nitrogens with zero attached hydrogens (tertiary/aromatic N) is 1. The molecule has 0 radical (unpaired) electrons. The number of piperazine rings is 1. The summed E-state index contributed by atoms with van der Waals surface area (Å²) in [6, 6.07) is 9.43. The van der Waals surface area contributed by atoms with E-state index in [4.69, 9.17) is 0 Å². The Morgan fingerprint density at radius 3 is 2.82 bits per heavy atom. The molecule has 0 spiro atoms. The summed E-state index contributed by atoms with van der Waals surface area (Å²) in [6.07, 6.45) is 1.12. The Morgan fingerprint density at radius 2 is 2.12 bits per heavy atom. The molecule has 1 atom stereocenters. The zero-order chi connectivity index (χ0) is 12.3. The van der Waals surface area contributed by atoms with Gasteiger partial charge in [0.2, 0.25) is 0 Å². The topological polar surface area (TPSA) is 15.3 Å². The molecule has 2 rings (SSSR count). The smallest absolute Gasteiger partial charge is 0.0399 e. The van der Waals surface area contributed by atoms with Gasteiger partial charge in [0, 0.05) is 31.4 Å². The van der Waals surface area contributed by atoms with Crippen molar-refractivity contribution in [1.29, 1.82) is 0 Å². The molecule has 0 aliphatic carbocycles. The number of hydrogen-bond acceptors (Lipinski definition) is 2. The Bertz CT molecular complexity index is 360. The van der Waals surface area contributed by atoms with E-state index in [1.165, 1.54) is 11.3 Å². The van der Waals surface area contributed by atoms with Gasteiger partial charge >= 0.3 is 0 Å². The molecule has 1 aromatic carbocycles. The van der Waals surface area contributed by atoms with E-state index in [1.54, 1.807) is 0 Å². The predicted molar refractivity (Wildman–Crippen MR) is 74.7 cm³/mol. The van der Waals surface area contributed by atoms with Crippen LogP contribution in [0.1, 0.15) is 26.3 Å². The van der Waals surface area contributed by atoms with Crippen molar-refractivity contribution in [3.63, 3.8) is 0 Å². The van der Waals surface area contributed by atoms with E-state index in [0.29, 0.717) is 12.0 Å². The Hall–Kier alpha value is -1.02. The van der Waals surface area contributed by atoms with Gasteiger partial charge in [0.05, 0.1) is 0 Å². The average Bonchev–Trinajstić information content (AvgIpc) is 2.39. The highest BCUT2D eigenvalue weighted by Gasteiger charge is 2.22. The van der Waals surface area contributed by atoms with Gasteiger partial charge in [0.25, 0.3) is 0 Å². The second-order valence-corrected chi connectivity index (χ2v) is 5.23. The molecule has 0 amide bonds. The van der Waals surface area contributed by atoms with Crippen molar-refractivity contribution in [3.8, 4) is 0 Å². The summed E-state index contributed by atoms with van der Waals surface area (Å²) in [5, 5.41) is 3.61. The molecule has 2 heteroatoms. The van der Waals surface area contributed by atoms with Gasteiger partial charge in [-0.2, -0.15) is 0 Å². The fourth-order valence-electron chi connectivity index (χ4n) is 2.56. The SMILES string of the molecule is CCc1ccccc1N1CCNC(C(C)C)C1. The Balaban J connectivity index is 2.16.